The zero-order chi connectivity index (χ0) is 11.1. The van der Waals surface area contributed by atoms with Crippen LogP contribution in [0.3, 0.4) is 0 Å². The molecule has 1 saturated heterocycles. The molecule has 0 aromatic heterocycles. The number of ether oxygens (including phenoxy) is 1. The fourth-order valence-corrected chi connectivity index (χ4v) is 1.54. The van der Waals surface area contributed by atoms with Crippen molar-refractivity contribution in [2.75, 3.05) is 45.9 Å². The molecule has 15 heavy (non-hydrogen) atoms. The van der Waals surface area contributed by atoms with Crippen LogP contribution in [0.4, 0.5) is 0 Å². The maximum atomic E-state index is 9.76. The SMILES string of the molecule is CCC(C)(O)CNCCN1CCOCC1. The Morgan fingerprint density at radius 3 is 2.67 bits per heavy atom. The third-order valence-electron chi connectivity index (χ3n) is 2.98. The van der Waals surface area contributed by atoms with Crippen molar-refractivity contribution in [2.24, 2.45) is 0 Å². The van der Waals surface area contributed by atoms with Crippen LogP contribution in [0.2, 0.25) is 0 Å². The predicted octanol–water partition coefficient (Wildman–Crippen LogP) is 0.0692. The van der Waals surface area contributed by atoms with Crippen LogP contribution in [-0.4, -0.2) is 61.5 Å². The van der Waals surface area contributed by atoms with E-state index < -0.39 is 5.60 Å². The number of hydrogen-bond acceptors (Lipinski definition) is 4. The largest absolute Gasteiger partial charge is 0.389 e. The van der Waals surface area contributed by atoms with E-state index in [1.165, 1.54) is 0 Å². The van der Waals surface area contributed by atoms with Gasteiger partial charge in [0.25, 0.3) is 0 Å². The molecule has 1 rings (SSSR count). The van der Waals surface area contributed by atoms with E-state index in [4.69, 9.17) is 4.74 Å². The van der Waals surface area contributed by atoms with Gasteiger partial charge in [0.05, 0.1) is 18.8 Å². The Labute approximate surface area is 92.6 Å². The molecule has 4 heteroatoms. The van der Waals surface area contributed by atoms with Gasteiger partial charge in [-0.1, -0.05) is 6.92 Å². The minimum Gasteiger partial charge on any atom is -0.389 e. The average Bonchev–Trinajstić information content (AvgIpc) is 2.26. The Balaban J connectivity index is 2.00. The van der Waals surface area contributed by atoms with Crippen molar-refractivity contribution in [1.82, 2.24) is 10.2 Å². The summed E-state index contributed by atoms with van der Waals surface area (Å²) in [5.41, 5.74) is -0.564. The molecule has 1 heterocycles. The van der Waals surface area contributed by atoms with Crippen LogP contribution in [0.5, 0.6) is 0 Å². The molecule has 1 aliphatic rings. The molecule has 0 saturated carbocycles. The van der Waals surface area contributed by atoms with Crippen LogP contribution in [-0.2, 0) is 4.74 Å². The third kappa shape index (κ3) is 5.47. The number of aliphatic hydroxyl groups is 1. The van der Waals surface area contributed by atoms with Crippen molar-refractivity contribution in [1.29, 1.82) is 0 Å². The minimum absolute atomic E-state index is 0.564. The summed E-state index contributed by atoms with van der Waals surface area (Å²) in [6.07, 6.45) is 0.789. The number of nitrogens with one attached hydrogen (secondary N) is 1. The maximum absolute atomic E-state index is 9.76. The first-order chi connectivity index (χ1) is 7.14. The highest BCUT2D eigenvalue weighted by molar-refractivity contribution is 4.73. The quantitative estimate of drug-likeness (QED) is 0.617. The highest BCUT2D eigenvalue weighted by atomic mass is 16.5. The number of morpholine rings is 1. The van der Waals surface area contributed by atoms with Gasteiger partial charge < -0.3 is 15.2 Å². The summed E-state index contributed by atoms with van der Waals surface area (Å²) in [5, 5.41) is 13.1. The second kappa shape index (κ2) is 6.43. The van der Waals surface area contributed by atoms with E-state index in [1.807, 2.05) is 13.8 Å². The molecule has 1 aliphatic heterocycles. The van der Waals surface area contributed by atoms with E-state index in [0.29, 0.717) is 6.54 Å². The van der Waals surface area contributed by atoms with Gasteiger partial charge in [0, 0.05) is 32.7 Å². The Morgan fingerprint density at radius 1 is 1.40 bits per heavy atom. The molecular weight excluding hydrogens is 192 g/mol. The molecule has 0 aliphatic carbocycles. The summed E-state index contributed by atoms with van der Waals surface area (Å²) in [7, 11) is 0. The van der Waals surface area contributed by atoms with E-state index in [9.17, 15) is 5.11 Å². The van der Waals surface area contributed by atoms with Crippen LogP contribution in [0, 0.1) is 0 Å². The lowest BCUT2D eigenvalue weighted by Crippen LogP contribution is -2.43. The molecule has 4 nitrogen and oxygen atoms in total. The van der Waals surface area contributed by atoms with Gasteiger partial charge in [-0.3, -0.25) is 4.90 Å². The van der Waals surface area contributed by atoms with E-state index in [0.717, 1.165) is 45.8 Å². The fourth-order valence-electron chi connectivity index (χ4n) is 1.54. The van der Waals surface area contributed by atoms with E-state index >= 15 is 0 Å². The van der Waals surface area contributed by atoms with Crippen LogP contribution >= 0.6 is 0 Å². The molecule has 0 radical (unpaired) electrons. The topological polar surface area (TPSA) is 44.7 Å². The summed E-state index contributed by atoms with van der Waals surface area (Å²) < 4.78 is 5.28. The monoisotopic (exact) mass is 216 g/mol. The van der Waals surface area contributed by atoms with Gasteiger partial charge in [0.2, 0.25) is 0 Å². The molecule has 0 amide bonds. The zero-order valence-electron chi connectivity index (χ0n) is 9.96. The highest BCUT2D eigenvalue weighted by Crippen LogP contribution is 2.05. The van der Waals surface area contributed by atoms with E-state index in [2.05, 4.69) is 10.2 Å². The van der Waals surface area contributed by atoms with Crippen LogP contribution in [0.25, 0.3) is 0 Å². The van der Waals surface area contributed by atoms with Crippen molar-refractivity contribution in [3.63, 3.8) is 0 Å². The second-order valence-corrected chi connectivity index (χ2v) is 4.48. The van der Waals surface area contributed by atoms with E-state index in [-0.39, 0.29) is 0 Å². The first-order valence-corrected chi connectivity index (χ1v) is 5.87. The average molecular weight is 216 g/mol. The lowest BCUT2D eigenvalue weighted by Gasteiger charge is -2.27. The van der Waals surface area contributed by atoms with Gasteiger partial charge in [-0.2, -0.15) is 0 Å². The smallest absolute Gasteiger partial charge is 0.0740 e. The Bertz CT molecular complexity index is 168. The Morgan fingerprint density at radius 2 is 2.07 bits per heavy atom. The first kappa shape index (κ1) is 12.9. The molecule has 0 spiro atoms. The van der Waals surface area contributed by atoms with E-state index in [1.54, 1.807) is 0 Å². The standard InChI is InChI=1S/C11H24N2O2/c1-3-11(2,14)10-12-4-5-13-6-8-15-9-7-13/h12,14H,3-10H2,1-2H3. The third-order valence-corrected chi connectivity index (χ3v) is 2.98. The Kier molecular flexibility index (Phi) is 5.53. The fraction of sp³-hybridized carbons (Fsp3) is 1.00. The molecule has 1 unspecified atom stereocenters. The lowest BCUT2D eigenvalue weighted by atomic mass is 10.0. The van der Waals surface area contributed by atoms with Crippen molar-refractivity contribution < 1.29 is 9.84 Å². The molecule has 1 atom stereocenters. The van der Waals surface area contributed by atoms with Gasteiger partial charge in [-0.15, -0.1) is 0 Å². The summed E-state index contributed by atoms with van der Waals surface area (Å²) in [4.78, 5) is 2.39. The highest BCUT2D eigenvalue weighted by Gasteiger charge is 2.16. The molecule has 2 N–H and O–H groups in total. The van der Waals surface area contributed by atoms with Crippen molar-refractivity contribution in [3.8, 4) is 0 Å². The molecule has 0 bridgehead atoms. The number of hydrogen-bond donors (Lipinski definition) is 2. The van der Waals surface area contributed by atoms with Crippen LogP contribution in [0.1, 0.15) is 20.3 Å². The minimum atomic E-state index is -0.564. The van der Waals surface area contributed by atoms with Gasteiger partial charge in [0.1, 0.15) is 0 Å². The van der Waals surface area contributed by atoms with Crippen LogP contribution < -0.4 is 5.32 Å². The predicted molar refractivity (Wildman–Crippen MR) is 61.0 cm³/mol. The van der Waals surface area contributed by atoms with Crippen molar-refractivity contribution in [2.45, 2.75) is 25.9 Å². The lowest BCUT2D eigenvalue weighted by molar-refractivity contribution is 0.0345. The van der Waals surface area contributed by atoms with Crippen LogP contribution in [0.15, 0.2) is 0 Å². The second-order valence-electron chi connectivity index (χ2n) is 4.48. The van der Waals surface area contributed by atoms with Crippen molar-refractivity contribution in [3.05, 3.63) is 0 Å². The van der Waals surface area contributed by atoms with Crippen molar-refractivity contribution >= 4 is 0 Å². The van der Waals surface area contributed by atoms with Gasteiger partial charge in [-0.05, 0) is 13.3 Å². The zero-order valence-corrected chi connectivity index (χ0v) is 9.96. The Hall–Kier alpha value is -0.160. The molecular formula is C11H24N2O2. The summed E-state index contributed by atoms with van der Waals surface area (Å²) >= 11 is 0. The molecule has 1 fully saturated rings. The van der Waals surface area contributed by atoms with Gasteiger partial charge in [-0.25, -0.2) is 0 Å². The van der Waals surface area contributed by atoms with Gasteiger partial charge >= 0.3 is 0 Å². The summed E-state index contributed by atoms with van der Waals surface area (Å²) in [5.74, 6) is 0. The summed E-state index contributed by atoms with van der Waals surface area (Å²) in [6, 6.07) is 0. The molecule has 0 aromatic carbocycles. The molecule has 90 valence electrons. The number of rotatable bonds is 6. The summed E-state index contributed by atoms with van der Waals surface area (Å²) in [6.45, 7) is 10.3. The molecule has 0 aromatic rings. The first-order valence-electron chi connectivity index (χ1n) is 5.87. The van der Waals surface area contributed by atoms with Gasteiger partial charge in [0.15, 0.2) is 0 Å². The normalized spacial score (nSPS) is 22.6. The maximum Gasteiger partial charge on any atom is 0.0740 e. The number of nitrogens with zero attached hydrogens (tertiary/aromatic N) is 1.